The predicted molar refractivity (Wildman–Crippen MR) is 84.2 cm³/mol. The molecule has 0 heterocycles. The first-order valence-corrected chi connectivity index (χ1v) is 7.79. The molecule has 2 unspecified atom stereocenters. The number of benzene rings is 1. The van der Waals surface area contributed by atoms with Crippen molar-refractivity contribution < 1.29 is 9.53 Å². The van der Waals surface area contributed by atoms with E-state index < -0.39 is 6.04 Å². The lowest BCUT2D eigenvalue weighted by atomic mass is 9.98. The third-order valence-electron chi connectivity index (χ3n) is 4.08. The van der Waals surface area contributed by atoms with Gasteiger partial charge < -0.3 is 15.8 Å². The largest absolute Gasteiger partial charge is 0.491 e. The number of nitrogens with zero attached hydrogens (tertiary/aromatic N) is 1. The van der Waals surface area contributed by atoms with Gasteiger partial charge in [0.2, 0.25) is 5.91 Å². The fraction of sp³-hybridized carbons (Fsp3) is 0.529. The lowest BCUT2D eigenvalue weighted by Gasteiger charge is -2.21. The fourth-order valence-electron chi connectivity index (χ4n) is 2.76. The van der Waals surface area contributed by atoms with Crippen LogP contribution in [0.3, 0.4) is 0 Å². The number of hydrogen-bond donors (Lipinski definition) is 2. The predicted octanol–water partition coefficient (Wildman–Crippen LogP) is 1.96. The Morgan fingerprint density at radius 1 is 1.41 bits per heavy atom. The first kappa shape index (κ1) is 16.3. The summed E-state index contributed by atoms with van der Waals surface area (Å²) in [6.45, 7) is 2.26. The van der Waals surface area contributed by atoms with E-state index >= 15 is 0 Å². The number of rotatable bonds is 6. The van der Waals surface area contributed by atoms with Gasteiger partial charge in [0.05, 0.1) is 23.7 Å². The Hall–Kier alpha value is -2.06. The van der Waals surface area contributed by atoms with Gasteiger partial charge >= 0.3 is 0 Å². The van der Waals surface area contributed by atoms with Crippen molar-refractivity contribution in [3.05, 3.63) is 29.8 Å². The monoisotopic (exact) mass is 301 g/mol. The molecule has 0 aromatic heterocycles. The average Bonchev–Trinajstić information content (AvgIpc) is 3.07. The van der Waals surface area contributed by atoms with E-state index in [1.54, 1.807) is 24.3 Å². The number of carbonyl (C=O) groups excluding carboxylic acids is 1. The van der Waals surface area contributed by atoms with Crippen LogP contribution in [0.15, 0.2) is 24.3 Å². The Balaban J connectivity index is 1.75. The maximum absolute atomic E-state index is 12.1. The SMILES string of the molecule is CC(COc1ccc(C#N)cc1)NC(=O)C(N)C1CCCC1. The molecule has 3 N–H and O–H groups in total. The molecule has 1 aliphatic rings. The first-order valence-electron chi connectivity index (χ1n) is 7.79. The van der Waals surface area contributed by atoms with Crippen LogP contribution >= 0.6 is 0 Å². The summed E-state index contributed by atoms with van der Waals surface area (Å²) in [5.74, 6) is 0.898. The van der Waals surface area contributed by atoms with Crippen molar-refractivity contribution in [3.8, 4) is 11.8 Å². The molecular weight excluding hydrogens is 278 g/mol. The zero-order chi connectivity index (χ0) is 15.9. The maximum atomic E-state index is 12.1. The van der Waals surface area contributed by atoms with Crippen molar-refractivity contribution in [1.29, 1.82) is 5.26 Å². The van der Waals surface area contributed by atoms with Gasteiger partial charge in [0.15, 0.2) is 0 Å². The first-order chi connectivity index (χ1) is 10.6. The molecule has 1 aromatic rings. The molecule has 0 bridgehead atoms. The smallest absolute Gasteiger partial charge is 0.237 e. The molecule has 22 heavy (non-hydrogen) atoms. The van der Waals surface area contributed by atoms with E-state index in [4.69, 9.17) is 15.7 Å². The number of nitrogens with one attached hydrogen (secondary N) is 1. The highest BCUT2D eigenvalue weighted by atomic mass is 16.5. The standard InChI is InChI=1S/C17H23N3O2/c1-12(11-22-15-8-6-13(10-18)7-9-15)20-17(21)16(19)14-4-2-3-5-14/h6-9,12,14,16H,2-5,11,19H2,1H3,(H,20,21). The van der Waals surface area contributed by atoms with Gasteiger partial charge in [-0.15, -0.1) is 0 Å². The normalized spacial score (nSPS) is 17.5. The van der Waals surface area contributed by atoms with Gasteiger partial charge in [-0.3, -0.25) is 4.79 Å². The van der Waals surface area contributed by atoms with Crippen LogP contribution in [-0.2, 0) is 4.79 Å². The second-order valence-electron chi connectivity index (χ2n) is 5.93. The number of hydrogen-bond acceptors (Lipinski definition) is 4. The third kappa shape index (κ3) is 4.47. The Kier molecular flexibility index (Phi) is 5.79. The van der Waals surface area contributed by atoms with Crippen molar-refractivity contribution in [3.63, 3.8) is 0 Å². The zero-order valence-electron chi connectivity index (χ0n) is 12.9. The number of ether oxygens (including phenoxy) is 1. The lowest BCUT2D eigenvalue weighted by molar-refractivity contribution is -0.124. The minimum atomic E-state index is -0.417. The molecule has 1 saturated carbocycles. The number of carbonyl (C=O) groups is 1. The highest BCUT2D eigenvalue weighted by Crippen LogP contribution is 2.26. The molecule has 2 atom stereocenters. The van der Waals surface area contributed by atoms with E-state index in [1.807, 2.05) is 6.92 Å². The number of amides is 1. The van der Waals surface area contributed by atoms with Gasteiger partial charge in [-0.25, -0.2) is 0 Å². The van der Waals surface area contributed by atoms with E-state index in [2.05, 4.69) is 11.4 Å². The number of nitriles is 1. The molecule has 1 aliphatic carbocycles. The van der Waals surface area contributed by atoms with Crippen LogP contribution in [0.2, 0.25) is 0 Å². The van der Waals surface area contributed by atoms with Crippen LogP contribution in [0, 0.1) is 17.2 Å². The molecule has 1 aromatic carbocycles. The summed E-state index contributed by atoms with van der Waals surface area (Å²) in [6.07, 6.45) is 4.43. The van der Waals surface area contributed by atoms with Crippen molar-refractivity contribution in [2.45, 2.75) is 44.7 Å². The second kappa shape index (κ2) is 7.81. The van der Waals surface area contributed by atoms with Crippen LogP contribution in [-0.4, -0.2) is 24.6 Å². The summed E-state index contributed by atoms with van der Waals surface area (Å²) in [7, 11) is 0. The van der Waals surface area contributed by atoms with Crippen molar-refractivity contribution in [1.82, 2.24) is 5.32 Å². The van der Waals surface area contributed by atoms with Crippen molar-refractivity contribution >= 4 is 5.91 Å². The van der Waals surface area contributed by atoms with Gasteiger partial charge in [0.25, 0.3) is 0 Å². The van der Waals surface area contributed by atoms with E-state index in [1.165, 1.54) is 12.8 Å². The van der Waals surface area contributed by atoms with Crippen LogP contribution in [0.5, 0.6) is 5.75 Å². The third-order valence-corrected chi connectivity index (χ3v) is 4.08. The van der Waals surface area contributed by atoms with Gasteiger partial charge in [0.1, 0.15) is 12.4 Å². The summed E-state index contributed by atoms with van der Waals surface area (Å²) in [6, 6.07) is 8.43. The van der Waals surface area contributed by atoms with E-state index in [0.717, 1.165) is 12.8 Å². The van der Waals surface area contributed by atoms with E-state index in [-0.39, 0.29) is 11.9 Å². The highest BCUT2D eigenvalue weighted by molar-refractivity contribution is 5.82. The van der Waals surface area contributed by atoms with Gasteiger partial charge in [-0.1, -0.05) is 12.8 Å². The lowest BCUT2D eigenvalue weighted by Crippen LogP contribution is -2.49. The number of nitrogens with two attached hydrogens (primary N) is 1. The summed E-state index contributed by atoms with van der Waals surface area (Å²) >= 11 is 0. The molecule has 5 heteroatoms. The Morgan fingerprint density at radius 3 is 2.64 bits per heavy atom. The quantitative estimate of drug-likeness (QED) is 0.840. The molecule has 0 radical (unpaired) electrons. The Bertz CT molecular complexity index is 530. The highest BCUT2D eigenvalue weighted by Gasteiger charge is 2.27. The molecule has 1 amide bonds. The molecule has 0 aliphatic heterocycles. The van der Waals surface area contributed by atoms with E-state index in [0.29, 0.717) is 23.8 Å². The molecule has 2 rings (SSSR count). The van der Waals surface area contributed by atoms with Gasteiger partial charge in [0, 0.05) is 0 Å². The van der Waals surface area contributed by atoms with Gasteiger partial charge in [-0.2, -0.15) is 5.26 Å². The topological polar surface area (TPSA) is 88.1 Å². The summed E-state index contributed by atoms with van der Waals surface area (Å²) in [4.78, 5) is 12.1. The molecule has 118 valence electrons. The van der Waals surface area contributed by atoms with E-state index in [9.17, 15) is 4.79 Å². The van der Waals surface area contributed by atoms with Gasteiger partial charge in [-0.05, 0) is 49.9 Å². The minimum absolute atomic E-state index is 0.0946. The summed E-state index contributed by atoms with van der Waals surface area (Å²) in [5.41, 5.74) is 6.62. The Morgan fingerprint density at radius 2 is 2.05 bits per heavy atom. The molecule has 0 spiro atoms. The Labute approximate surface area is 131 Å². The maximum Gasteiger partial charge on any atom is 0.237 e. The second-order valence-corrected chi connectivity index (χ2v) is 5.93. The summed E-state index contributed by atoms with van der Waals surface area (Å²) < 4.78 is 5.61. The van der Waals surface area contributed by atoms with Crippen LogP contribution < -0.4 is 15.8 Å². The minimum Gasteiger partial charge on any atom is -0.491 e. The zero-order valence-corrected chi connectivity index (χ0v) is 12.9. The molecule has 5 nitrogen and oxygen atoms in total. The van der Waals surface area contributed by atoms with Crippen LogP contribution in [0.1, 0.15) is 38.2 Å². The van der Waals surface area contributed by atoms with Crippen LogP contribution in [0.4, 0.5) is 0 Å². The molecular formula is C17H23N3O2. The summed E-state index contributed by atoms with van der Waals surface area (Å²) in [5, 5.41) is 11.6. The fourth-order valence-corrected chi connectivity index (χ4v) is 2.76. The van der Waals surface area contributed by atoms with Crippen molar-refractivity contribution in [2.24, 2.45) is 11.7 Å². The average molecular weight is 301 g/mol. The molecule has 1 fully saturated rings. The molecule has 0 saturated heterocycles. The van der Waals surface area contributed by atoms with Crippen molar-refractivity contribution in [2.75, 3.05) is 6.61 Å². The van der Waals surface area contributed by atoms with Crippen LogP contribution in [0.25, 0.3) is 0 Å².